The van der Waals surface area contributed by atoms with Gasteiger partial charge < -0.3 is 4.74 Å². The van der Waals surface area contributed by atoms with Gasteiger partial charge in [-0.3, -0.25) is 0 Å². The number of methoxy groups -OCH3 is 1. The lowest BCUT2D eigenvalue weighted by Crippen LogP contribution is -2.05. The van der Waals surface area contributed by atoms with Crippen LogP contribution in [-0.2, 0) is 6.42 Å². The van der Waals surface area contributed by atoms with Crippen LogP contribution in [0.5, 0.6) is 5.75 Å². The third-order valence-corrected chi connectivity index (χ3v) is 3.52. The topological polar surface area (TPSA) is 9.23 Å². The van der Waals surface area contributed by atoms with E-state index in [-0.39, 0.29) is 0 Å². The summed E-state index contributed by atoms with van der Waals surface area (Å²) in [5.74, 6) is 1.58. The van der Waals surface area contributed by atoms with E-state index in [4.69, 9.17) is 4.74 Å². The van der Waals surface area contributed by atoms with Gasteiger partial charge in [0.2, 0.25) is 0 Å². The van der Waals surface area contributed by atoms with Gasteiger partial charge in [0, 0.05) is 4.83 Å². The molecule has 90 valence electrons. The molecule has 0 aromatic heterocycles. The van der Waals surface area contributed by atoms with E-state index in [9.17, 15) is 0 Å². The number of hydrogen-bond donors (Lipinski definition) is 0. The summed E-state index contributed by atoms with van der Waals surface area (Å²) in [6.07, 6.45) is 2.31. The Morgan fingerprint density at radius 3 is 2.50 bits per heavy atom. The van der Waals surface area contributed by atoms with Gasteiger partial charge in [0.25, 0.3) is 0 Å². The Labute approximate surface area is 115 Å². The summed E-state index contributed by atoms with van der Waals surface area (Å²) in [4.78, 5) is 0.587. The maximum Gasteiger partial charge on any atom is 0.133 e. The molecule has 0 amide bonds. The van der Waals surface area contributed by atoms with E-state index in [2.05, 4.69) is 57.8 Å². The largest absolute Gasteiger partial charge is 0.496 e. The standard InChI is InChI=1S/C13H18Br2O/c1-9(6-10(2)14)7-11-4-5-13(16-3)12(15)8-11/h4-5,8-10H,6-7H2,1-3H3. The fraction of sp³-hybridized carbons (Fsp3) is 0.538. The zero-order valence-corrected chi connectivity index (χ0v) is 13.1. The highest BCUT2D eigenvalue weighted by molar-refractivity contribution is 9.10. The van der Waals surface area contributed by atoms with Crippen molar-refractivity contribution in [3.8, 4) is 5.75 Å². The molecule has 0 radical (unpaired) electrons. The number of ether oxygens (including phenoxy) is 1. The van der Waals surface area contributed by atoms with Gasteiger partial charge in [-0.2, -0.15) is 0 Å². The first-order valence-corrected chi connectivity index (χ1v) is 7.20. The first-order chi connectivity index (χ1) is 7.52. The highest BCUT2D eigenvalue weighted by Gasteiger charge is 2.08. The molecule has 0 aliphatic carbocycles. The summed E-state index contributed by atoms with van der Waals surface area (Å²) < 4.78 is 6.25. The van der Waals surface area contributed by atoms with Crippen LogP contribution in [-0.4, -0.2) is 11.9 Å². The molecule has 0 bridgehead atoms. The summed E-state index contributed by atoms with van der Waals surface area (Å²) in [5, 5.41) is 0. The first-order valence-electron chi connectivity index (χ1n) is 5.49. The molecule has 0 fully saturated rings. The minimum Gasteiger partial charge on any atom is -0.496 e. The average molecular weight is 350 g/mol. The highest BCUT2D eigenvalue weighted by atomic mass is 79.9. The Balaban J connectivity index is 2.64. The van der Waals surface area contributed by atoms with Crippen LogP contribution in [0.15, 0.2) is 22.7 Å². The van der Waals surface area contributed by atoms with Crippen molar-refractivity contribution in [3.63, 3.8) is 0 Å². The second-order valence-corrected chi connectivity index (χ2v) is 6.71. The molecule has 16 heavy (non-hydrogen) atoms. The monoisotopic (exact) mass is 348 g/mol. The molecular formula is C13H18Br2O. The maximum atomic E-state index is 5.22. The van der Waals surface area contributed by atoms with Crippen LogP contribution in [0.25, 0.3) is 0 Å². The zero-order chi connectivity index (χ0) is 12.1. The van der Waals surface area contributed by atoms with E-state index < -0.39 is 0 Å². The smallest absolute Gasteiger partial charge is 0.133 e. The second-order valence-electron chi connectivity index (χ2n) is 4.29. The van der Waals surface area contributed by atoms with E-state index >= 15 is 0 Å². The maximum absolute atomic E-state index is 5.22. The molecule has 1 nitrogen and oxygen atoms in total. The molecule has 0 saturated carbocycles. The molecule has 0 N–H and O–H groups in total. The molecular weight excluding hydrogens is 332 g/mol. The Kier molecular flexibility index (Phi) is 5.84. The van der Waals surface area contributed by atoms with Gasteiger partial charge in [-0.25, -0.2) is 0 Å². The zero-order valence-electron chi connectivity index (χ0n) is 9.97. The van der Waals surface area contributed by atoms with Crippen LogP contribution < -0.4 is 4.74 Å². The lowest BCUT2D eigenvalue weighted by atomic mass is 9.97. The molecule has 0 saturated heterocycles. The fourth-order valence-electron chi connectivity index (χ4n) is 1.88. The molecule has 2 atom stereocenters. The second kappa shape index (κ2) is 6.65. The van der Waals surface area contributed by atoms with E-state index in [1.165, 1.54) is 12.0 Å². The van der Waals surface area contributed by atoms with Crippen LogP contribution >= 0.6 is 31.9 Å². The van der Waals surface area contributed by atoms with E-state index in [1.807, 2.05) is 6.07 Å². The van der Waals surface area contributed by atoms with Crippen molar-refractivity contribution in [2.75, 3.05) is 7.11 Å². The number of alkyl halides is 1. The summed E-state index contributed by atoms with van der Waals surface area (Å²) in [5.41, 5.74) is 1.35. The number of hydrogen-bond acceptors (Lipinski definition) is 1. The van der Waals surface area contributed by atoms with Crippen molar-refractivity contribution < 1.29 is 4.74 Å². The van der Waals surface area contributed by atoms with E-state index in [0.717, 1.165) is 16.6 Å². The Morgan fingerprint density at radius 2 is 2.00 bits per heavy atom. The number of halogens is 2. The molecule has 1 aromatic rings. The molecule has 0 spiro atoms. The summed E-state index contributed by atoms with van der Waals surface area (Å²) in [7, 11) is 1.69. The molecule has 3 heteroatoms. The van der Waals surface area contributed by atoms with Gasteiger partial charge >= 0.3 is 0 Å². The minimum atomic E-state index is 0.587. The van der Waals surface area contributed by atoms with Gasteiger partial charge in [0.1, 0.15) is 5.75 Å². The van der Waals surface area contributed by atoms with E-state index in [1.54, 1.807) is 7.11 Å². The molecule has 0 aliphatic rings. The Bertz CT molecular complexity index is 337. The van der Waals surface area contributed by atoms with Crippen molar-refractivity contribution in [2.24, 2.45) is 5.92 Å². The lowest BCUT2D eigenvalue weighted by Gasteiger charge is -2.13. The number of benzene rings is 1. The van der Waals surface area contributed by atoms with Gasteiger partial charge in [0.05, 0.1) is 11.6 Å². The minimum absolute atomic E-state index is 0.587. The van der Waals surface area contributed by atoms with Crippen LogP contribution in [0.4, 0.5) is 0 Å². The Hall–Kier alpha value is -0.0200. The van der Waals surface area contributed by atoms with Crippen molar-refractivity contribution >= 4 is 31.9 Å². The van der Waals surface area contributed by atoms with Crippen molar-refractivity contribution in [3.05, 3.63) is 28.2 Å². The normalized spacial score (nSPS) is 14.6. The highest BCUT2D eigenvalue weighted by Crippen LogP contribution is 2.27. The van der Waals surface area contributed by atoms with Crippen molar-refractivity contribution in [1.29, 1.82) is 0 Å². The van der Waals surface area contributed by atoms with Crippen molar-refractivity contribution in [2.45, 2.75) is 31.5 Å². The van der Waals surface area contributed by atoms with Crippen molar-refractivity contribution in [1.82, 2.24) is 0 Å². The van der Waals surface area contributed by atoms with Gasteiger partial charge in [-0.05, 0) is 52.4 Å². The quantitative estimate of drug-likeness (QED) is 0.693. The summed E-state index contributed by atoms with van der Waals surface area (Å²) in [6, 6.07) is 6.30. The molecule has 1 aromatic carbocycles. The average Bonchev–Trinajstić information content (AvgIpc) is 2.16. The molecule has 2 unspecified atom stereocenters. The van der Waals surface area contributed by atoms with Crippen LogP contribution in [0.1, 0.15) is 25.8 Å². The van der Waals surface area contributed by atoms with Crippen LogP contribution in [0.3, 0.4) is 0 Å². The lowest BCUT2D eigenvalue weighted by molar-refractivity contribution is 0.411. The summed E-state index contributed by atoms with van der Waals surface area (Å²) in [6.45, 7) is 4.48. The van der Waals surface area contributed by atoms with Crippen LogP contribution in [0.2, 0.25) is 0 Å². The summed E-state index contributed by atoms with van der Waals surface area (Å²) >= 11 is 7.11. The predicted molar refractivity (Wildman–Crippen MR) is 76.6 cm³/mol. The third-order valence-electron chi connectivity index (χ3n) is 2.53. The fourth-order valence-corrected chi connectivity index (χ4v) is 3.10. The molecule has 0 heterocycles. The third kappa shape index (κ3) is 4.46. The predicted octanol–water partition coefficient (Wildman–Crippen LogP) is 4.81. The first kappa shape index (κ1) is 14.0. The van der Waals surface area contributed by atoms with Gasteiger partial charge in [-0.1, -0.05) is 35.8 Å². The molecule has 1 rings (SSSR count). The van der Waals surface area contributed by atoms with E-state index in [0.29, 0.717) is 10.7 Å². The molecule has 0 aliphatic heterocycles. The number of rotatable bonds is 5. The van der Waals surface area contributed by atoms with Gasteiger partial charge in [0.15, 0.2) is 0 Å². The van der Waals surface area contributed by atoms with Gasteiger partial charge in [-0.15, -0.1) is 0 Å². The Morgan fingerprint density at radius 1 is 1.31 bits per heavy atom. The van der Waals surface area contributed by atoms with Crippen LogP contribution in [0, 0.1) is 5.92 Å². The SMILES string of the molecule is COc1ccc(CC(C)CC(C)Br)cc1Br.